The van der Waals surface area contributed by atoms with E-state index in [0.717, 1.165) is 0 Å². The molecule has 0 heterocycles. The summed E-state index contributed by atoms with van der Waals surface area (Å²) in [7, 11) is 0. The molecule has 17 heavy (non-hydrogen) atoms. The molecule has 0 aliphatic carbocycles. The van der Waals surface area contributed by atoms with E-state index in [-0.39, 0.29) is 11.3 Å². The number of aliphatic hydroxyl groups excluding tert-OH is 1. The SMILES string of the molecule is Nc1ccc(C(=O)NCC(O)C(F)F)c(N)c1. The average Bonchev–Trinajstić information content (AvgIpc) is 2.25. The number of halogens is 2. The molecule has 1 unspecified atom stereocenters. The molecule has 1 aromatic carbocycles. The van der Waals surface area contributed by atoms with Gasteiger partial charge in [-0.2, -0.15) is 0 Å². The summed E-state index contributed by atoms with van der Waals surface area (Å²) in [6, 6.07) is 4.24. The van der Waals surface area contributed by atoms with Crippen LogP contribution in [0.5, 0.6) is 0 Å². The Morgan fingerprint density at radius 3 is 2.59 bits per heavy atom. The Bertz CT molecular complexity index is 413. The van der Waals surface area contributed by atoms with Crippen molar-refractivity contribution in [2.45, 2.75) is 12.5 Å². The Morgan fingerprint density at radius 1 is 1.41 bits per heavy atom. The van der Waals surface area contributed by atoms with Gasteiger partial charge in [-0.3, -0.25) is 4.79 Å². The number of hydrogen-bond donors (Lipinski definition) is 4. The molecular weight excluding hydrogens is 232 g/mol. The minimum absolute atomic E-state index is 0.126. The molecule has 7 heteroatoms. The van der Waals surface area contributed by atoms with E-state index in [2.05, 4.69) is 5.32 Å². The summed E-state index contributed by atoms with van der Waals surface area (Å²) in [5.74, 6) is -0.637. The van der Waals surface area contributed by atoms with Crippen LogP contribution < -0.4 is 16.8 Å². The molecule has 6 N–H and O–H groups in total. The van der Waals surface area contributed by atoms with Gasteiger partial charge >= 0.3 is 0 Å². The van der Waals surface area contributed by atoms with E-state index in [9.17, 15) is 13.6 Å². The molecule has 0 saturated heterocycles. The highest BCUT2D eigenvalue weighted by atomic mass is 19.3. The smallest absolute Gasteiger partial charge is 0.265 e. The molecule has 0 saturated carbocycles. The number of benzene rings is 1. The number of carbonyl (C=O) groups excluding carboxylic acids is 1. The van der Waals surface area contributed by atoms with Crippen molar-refractivity contribution in [3.8, 4) is 0 Å². The van der Waals surface area contributed by atoms with E-state index >= 15 is 0 Å². The standard InChI is InChI=1S/C10H13F2N3O2/c11-9(12)8(16)4-15-10(17)6-2-1-5(13)3-7(6)14/h1-3,8-9,16H,4,13-14H2,(H,15,17). The van der Waals surface area contributed by atoms with Gasteiger partial charge in [-0.1, -0.05) is 0 Å². The number of aliphatic hydroxyl groups is 1. The molecule has 0 fully saturated rings. The van der Waals surface area contributed by atoms with E-state index in [4.69, 9.17) is 16.6 Å². The number of nitrogens with one attached hydrogen (secondary N) is 1. The number of anilines is 2. The van der Waals surface area contributed by atoms with Crippen molar-refractivity contribution < 1.29 is 18.7 Å². The van der Waals surface area contributed by atoms with Crippen molar-refractivity contribution in [2.24, 2.45) is 0 Å². The van der Waals surface area contributed by atoms with Gasteiger partial charge in [0.2, 0.25) is 0 Å². The zero-order chi connectivity index (χ0) is 13.0. The molecular formula is C10H13F2N3O2. The molecule has 1 rings (SSSR count). The third-order valence-corrected chi connectivity index (χ3v) is 2.08. The van der Waals surface area contributed by atoms with Crippen molar-refractivity contribution in [1.29, 1.82) is 0 Å². The molecule has 0 bridgehead atoms. The number of carbonyl (C=O) groups is 1. The van der Waals surface area contributed by atoms with E-state index in [0.29, 0.717) is 5.69 Å². The quantitative estimate of drug-likeness (QED) is 0.569. The number of nitrogens with two attached hydrogens (primary N) is 2. The number of hydrogen-bond acceptors (Lipinski definition) is 4. The van der Waals surface area contributed by atoms with Crippen LogP contribution in [-0.4, -0.2) is 30.1 Å². The lowest BCUT2D eigenvalue weighted by atomic mass is 10.1. The van der Waals surface area contributed by atoms with Crippen LogP contribution in [0.25, 0.3) is 0 Å². The van der Waals surface area contributed by atoms with Crippen molar-refractivity contribution in [3.05, 3.63) is 23.8 Å². The van der Waals surface area contributed by atoms with Gasteiger partial charge < -0.3 is 21.9 Å². The molecule has 0 aliphatic rings. The monoisotopic (exact) mass is 245 g/mol. The Labute approximate surface area is 96.4 Å². The van der Waals surface area contributed by atoms with Gasteiger partial charge in [0.15, 0.2) is 0 Å². The van der Waals surface area contributed by atoms with Crippen LogP contribution in [0, 0.1) is 0 Å². The van der Waals surface area contributed by atoms with Gasteiger partial charge in [-0.05, 0) is 18.2 Å². The zero-order valence-electron chi connectivity index (χ0n) is 8.86. The number of rotatable bonds is 4. The second-order valence-corrected chi connectivity index (χ2v) is 3.46. The topological polar surface area (TPSA) is 101 Å². The Balaban J connectivity index is 2.64. The van der Waals surface area contributed by atoms with Crippen LogP contribution in [0.4, 0.5) is 20.2 Å². The third kappa shape index (κ3) is 3.56. The molecule has 0 aromatic heterocycles. The first kappa shape index (κ1) is 13.2. The highest BCUT2D eigenvalue weighted by molar-refractivity contribution is 5.99. The lowest BCUT2D eigenvalue weighted by Gasteiger charge is -2.11. The molecule has 0 radical (unpaired) electrons. The number of nitrogen functional groups attached to an aromatic ring is 2. The van der Waals surface area contributed by atoms with Crippen LogP contribution in [-0.2, 0) is 0 Å². The normalized spacial score (nSPS) is 12.5. The van der Waals surface area contributed by atoms with Crippen molar-refractivity contribution >= 4 is 17.3 Å². The van der Waals surface area contributed by atoms with Crippen LogP contribution in [0.2, 0.25) is 0 Å². The largest absolute Gasteiger partial charge is 0.399 e. The average molecular weight is 245 g/mol. The molecule has 94 valence electrons. The first-order valence-electron chi connectivity index (χ1n) is 4.81. The highest BCUT2D eigenvalue weighted by Gasteiger charge is 2.18. The summed E-state index contributed by atoms with van der Waals surface area (Å²) in [4.78, 5) is 11.5. The number of amides is 1. The van der Waals surface area contributed by atoms with Gasteiger partial charge in [-0.15, -0.1) is 0 Å². The van der Waals surface area contributed by atoms with Crippen LogP contribution in [0.15, 0.2) is 18.2 Å². The van der Waals surface area contributed by atoms with Gasteiger partial charge in [0.05, 0.1) is 5.56 Å². The molecule has 1 atom stereocenters. The van der Waals surface area contributed by atoms with E-state index in [1.807, 2.05) is 0 Å². The van der Waals surface area contributed by atoms with Crippen LogP contribution >= 0.6 is 0 Å². The van der Waals surface area contributed by atoms with Crippen molar-refractivity contribution in [2.75, 3.05) is 18.0 Å². The number of alkyl halides is 2. The Hall–Kier alpha value is -1.89. The minimum Gasteiger partial charge on any atom is -0.399 e. The maximum atomic E-state index is 12.0. The van der Waals surface area contributed by atoms with E-state index < -0.39 is 25.0 Å². The fourth-order valence-corrected chi connectivity index (χ4v) is 1.17. The van der Waals surface area contributed by atoms with Gasteiger partial charge in [0.25, 0.3) is 12.3 Å². The highest BCUT2D eigenvalue weighted by Crippen LogP contribution is 2.15. The van der Waals surface area contributed by atoms with Gasteiger partial charge in [0.1, 0.15) is 6.10 Å². The van der Waals surface area contributed by atoms with Crippen molar-refractivity contribution in [1.82, 2.24) is 5.32 Å². The summed E-state index contributed by atoms with van der Waals surface area (Å²) in [5, 5.41) is 11.0. The van der Waals surface area contributed by atoms with E-state index in [1.54, 1.807) is 0 Å². The Kier molecular flexibility index (Phi) is 4.22. The van der Waals surface area contributed by atoms with E-state index in [1.165, 1.54) is 18.2 Å². The molecule has 1 amide bonds. The van der Waals surface area contributed by atoms with Gasteiger partial charge in [0, 0.05) is 17.9 Å². The molecule has 1 aromatic rings. The van der Waals surface area contributed by atoms with Crippen LogP contribution in [0.1, 0.15) is 10.4 Å². The summed E-state index contributed by atoms with van der Waals surface area (Å²) in [6.45, 7) is -0.541. The summed E-state index contributed by atoms with van der Waals surface area (Å²) < 4.78 is 23.9. The second-order valence-electron chi connectivity index (χ2n) is 3.46. The summed E-state index contributed by atoms with van der Waals surface area (Å²) in [5.41, 5.74) is 11.6. The molecule has 0 aliphatic heterocycles. The maximum absolute atomic E-state index is 12.0. The molecule has 5 nitrogen and oxygen atoms in total. The zero-order valence-corrected chi connectivity index (χ0v) is 8.86. The first-order chi connectivity index (χ1) is 7.91. The minimum atomic E-state index is -2.90. The second kappa shape index (κ2) is 5.44. The fraction of sp³-hybridized carbons (Fsp3) is 0.300. The lowest BCUT2D eigenvalue weighted by Crippen LogP contribution is -2.36. The maximum Gasteiger partial charge on any atom is 0.265 e. The Morgan fingerprint density at radius 2 is 2.06 bits per heavy atom. The summed E-state index contributed by atoms with van der Waals surface area (Å²) >= 11 is 0. The third-order valence-electron chi connectivity index (χ3n) is 2.08. The van der Waals surface area contributed by atoms with Gasteiger partial charge in [-0.25, -0.2) is 8.78 Å². The first-order valence-corrected chi connectivity index (χ1v) is 4.81. The lowest BCUT2D eigenvalue weighted by molar-refractivity contribution is -0.00269. The van der Waals surface area contributed by atoms with Crippen molar-refractivity contribution in [3.63, 3.8) is 0 Å². The predicted molar refractivity (Wildman–Crippen MR) is 59.6 cm³/mol. The van der Waals surface area contributed by atoms with Crippen LogP contribution in [0.3, 0.4) is 0 Å². The fourth-order valence-electron chi connectivity index (χ4n) is 1.17. The predicted octanol–water partition coefficient (Wildman–Crippen LogP) is 0.207. The molecule has 0 spiro atoms. The summed E-state index contributed by atoms with van der Waals surface area (Å²) in [6.07, 6.45) is -4.80.